The highest BCUT2D eigenvalue weighted by Gasteiger charge is 2.21. The number of aromatic amines is 1. The first-order valence-electron chi connectivity index (χ1n) is 5.64. The van der Waals surface area contributed by atoms with Gasteiger partial charge in [-0.25, -0.2) is 4.98 Å². The number of imidazole rings is 1. The topological polar surface area (TPSA) is 49.9 Å². The minimum atomic E-state index is 0.551. The lowest BCUT2D eigenvalue weighted by atomic mass is 10.0. The van der Waals surface area contributed by atoms with E-state index in [0.29, 0.717) is 12.0 Å². The molecule has 2 atom stereocenters. The second kappa shape index (κ2) is 5.28. The van der Waals surface area contributed by atoms with Gasteiger partial charge in [0.1, 0.15) is 0 Å². The lowest BCUT2D eigenvalue weighted by molar-refractivity contribution is 0.178. The summed E-state index contributed by atoms with van der Waals surface area (Å²) in [7, 11) is 0. The van der Waals surface area contributed by atoms with Gasteiger partial charge < -0.3 is 15.0 Å². The van der Waals surface area contributed by atoms with Crippen molar-refractivity contribution in [2.24, 2.45) is 5.92 Å². The number of ether oxygens (including phenoxy) is 1. The third kappa shape index (κ3) is 3.04. The number of rotatable bonds is 5. The molecule has 1 saturated heterocycles. The molecule has 0 bridgehead atoms. The molecule has 4 nitrogen and oxygen atoms in total. The molecule has 1 aliphatic heterocycles. The Balaban J connectivity index is 1.64. The third-order valence-electron chi connectivity index (χ3n) is 3.09. The molecule has 2 unspecified atom stereocenters. The molecule has 0 radical (unpaired) electrons. The summed E-state index contributed by atoms with van der Waals surface area (Å²) < 4.78 is 5.37. The molecule has 1 fully saturated rings. The molecule has 1 aromatic rings. The van der Waals surface area contributed by atoms with Crippen LogP contribution in [-0.4, -0.2) is 35.8 Å². The molecule has 2 rings (SSSR count). The van der Waals surface area contributed by atoms with Crippen LogP contribution in [0.4, 0.5) is 0 Å². The smallest absolute Gasteiger partial charge is 0.0921 e. The average molecular weight is 209 g/mol. The SMILES string of the molecule is CC(NCCc1cnc[nH]1)C1CCOC1. The molecule has 0 amide bonds. The normalized spacial score (nSPS) is 23.1. The van der Waals surface area contributed by atoms with Crippen LogP contribution in [0.3, 0.4) is 0 Å². The number of hydrogen-bond donors (Lipinski definition) is 2. The van der Waals surface area contributed by atoms with E-state index in [-0.39, 0.29) is 0 Å². The van der Waals surface area contributed by atoms with Crippen molar-refractivity contribution in [1.29, 1.82) is 0 Å². The lowest BCUT2D eigenvalue weighted by Gasteiger charge is -2.18. The van der Waals surface area contributed by atoms with Gasteiger partial charge in [0, 0.05) is 37.5 Å². The molecule has 4 heteroatoms. The summed E-state index contributed by atoms with van der Waals surface area (Å²) in [6.45, 7) is 5.08. The maximum absolute atomic E-state index is 5.37. The first-order chi connectivity index (χ1) is 7.36. The van der Waals surface area contributed by atoms with Crippen LogP contribution in [-0.2, 0) is 11.2 Å². The van der Waals surface area contributed by atoms with Crippen LogP contribution in [0.25, 0.3) is 0 Å². The van der Waals surface area contributed by atoms with Crippen molar-refractivity contribution in [2.45, 2.75) is 25.8 Å². The number of nitrogens with one attached hydrogen (secondary N) is 2. The predicted molar refractivity (Wildman–Crippen MR) is 58.7 cm³/mol. The van der Waals surface area contributed by atoms with Gasteiger partial charge in [0.15, 0.2) is 0 Å². The Bertz CT molecular complexity index is 267. The largest absolute Gasteiger partial charge is 0.381 e. The van der Waals surface area contributed by atoms with E-state index in [0.717, 1.165) is 26.2 Å². The van der Waals surface area contributed by atoms with Gasteiger partial charge >= 0.3 is 0 Å². The van der Waals surface area contributed by atoms with Crippen molar-refractivity contribution in [2.75, 3.05) is 19.8 Å². The van der Waals surface area contributed by atoms with Crippen molar-refractivity contribution in [1.82, 2.24) is 15.3 Å². The van der Waals surface area contributed by atoms with Gasteiger partial charge in [-0.1, -0.05) is 0 Å². The van der Waals surface area contributed by atoms with Gasteiger partial charge in [-0.15, -0.1) is 0 Å². The van der Waals surface area contributed by atoms with Gasteiger partial charge in [0.25, 0.3) is 0 Å². The Kier molecular flexibility index (Phi) is 3.75. The Morgan fingerprint density at radius 2 is 2.67 bits per heavy atom. The molecule has 0 aromatic carbocycles. The molecule has 0 spiro atoms. The minimum absolute atomic E-state index is 0.551. The first-order valence-corrected chi connectivity index (χ1v) is 5.64. The van der Waals surface area contributed by atoms with E-state index in [1.165, 1.54) is 12.1 Å². The highest BCUT2D eigenvalue weighted by atomic mass is 16.5. The standard InChI is InChI=1S/C11H19N3O/c1-9(10-3-5-15-7-10)13-4-2-11-6-12-8-14-11/h6,8-10,13H,2-5,7H2,1H3,(H,12,14). The molecule has 1 aromatic heterocycles. The number of hydrogen-bond acceptors (Lipinski definition) is 3. The molecule has 0 aliphatic carbocycles. The summed E-state index contributed by atoms with van der Waals surface area (Å²) in [4.78, 5) is 7.10. The van der Waals surface area contributed by atoms with Crippen LogP contribution in [0, 0.1) is 5.92 Å². The summed E-state index contributed by atoms with van der Waals surface area (Å²) >= 11 is 0. The third-order valence-corrected chi connectivity index (χ3v) is 3.09. The van der Waals surface area contributed by atoms with Crippen molar-refractivity contribution in [3.05, 3.63) is 18.2 Å². The van der Waals surface area contributed by atoms with Gasteiger partial charge in [-0.3, -0.25) is 0 Å². The van der Waals surface area contributed by atoms with Gasteiger partial charge in [-0.2, -0.15) is 0 Å². The van der Waals surface area contributed by atoms with Crippen molar-refractivity contribution in [3.63, 3.8) is 0 Å². The van der Waals surface area contributed by atoms with E-state index in [2.05, 4.69) is 22.2 Å². The van der Waals surface area contributed by atoms with E-state index < -0.39 is 0 Å². The maximum atomic E-state index is 5.37. The van der Waals surface area contributed by atoms with E-state index in [1.54, 1.807) is 6.33 Å². The fourth-order valence-corrected chi connectivity index (χ4v) is 1.97. The molecule has 1 aliphatic rings. The van der Waals surface area contributed by atoms with Gasteiger partial charge in [0.05, 0.1) is 12.9 Å². The Labute approximate surface area is 90.4 Å². The first kappa shape index (κ1) is 10.6. The zero-order valence-electron chi connectivity index (χ0n) is 9.20. The van der Waals surface area contributed by atoms with E-state index >= 15 is 0 Å². The monoisotopic (exact) mass is 209 g/mol. The number of nitrogens with zero attached hydrogens (tertiary/aromatic N) is 1. The van der Waals surface area contributed by atoms with Crippen molar-refractivity contribution < 1.29 is 4.74 Å². The van der Waals surface area contributed by atoms with Crippen LogP contribution in [0.15, 0.2) is 12.5 Å². The second-order valence-corrected chi connectivity index (χ2v) is 4.19. The second-order valence-electron chi connectivity index (χ2n) is 4.19. The van der Waals surface area contributed by atoms with Gasteiger partial charge in [-0.05, 0) is 19.3 Å². The molecule has 15 heavy (non-hydrogen) atoms. The molecule has 2 N–H and O–H groups in total. The van der Waals surface area contributed by atoms with Crippen LogP contribution in [0.5, 0.6) is 0 Å². The Morgan fingerprint density at radius 1 is 1.73 bits per heavy atom. The summed E-state index contributed by atoms with van der Waals surface area (Å²) in [5, 5.41) is 3.54. The zero-order chi connectivity index (χ0) is 10.5. The zero-order valence-corrected chi connectivity index (χ0v) is 9.20. The quantitative estimate of drug-likeness (QED) is 0.759. The van der Waals surface area contributed by atoms with Crippen LogP contribution in [0.1, 0.15) is 19.0 Å². The highest BCUT2D eigenvalue weighted by molar-refractivity contribution is 4.94. The van der Waals surface area contributed by atoms with Crippen LogP contribution < -0.4 is 5.32 Å². The van der Waals surface area contributed by atoms with Crippen molar-refractivity contribution in [3.8, 4) is 0 Å². The molecular formula is C11H19N3O. The molecule has 2 heterocycles. The Hall–Kier alpha value is -0.870. The molecular weight excluding hydrogens is 190 g/mol. The summed E-state index contributed by atoms with van der Waals surface area (Å²) in [6.07, 6.45) is 5.81. The predicted octanol–water partition coefficient (Wildman–Crippen LogP) is 0.967. The van der Waals surface area contributed by atoms with E-state index in [4.69, 9.17) is 4.74 Å². The lowest BCUT2D eigenvalue weighted by Crippen LogP contribution is -2.35. The van der Waals surface area contributed by atoms with E-state index in [1.807, 2.05) is 6.20 Å². The van der Waals surface area contributed by atoms with Crippen molar-refractivity contribution >= 4 is 0 Å². The van der Waals surface area contributed by atoms with Crippen LogP contribution >= 0.6 is 0 Å². The minimum Gasteiger partial charge on any atom is -0.381 e. The fourth-order valence-electron chi connectivity index (χ4n) is 1.97. The fraction of sp³-hybridized carbons (Fsp3) is 0.727. The summed E-state index contributed by atoms with van der Waals surface area (Å²) in [5.74, 6) is 0.687. The maximum Gasteiger partial charge on any atom is 0.0921 e. The molecule has 84 valence electrons. The van der Waals surface area contributed by atoms with Crippen LogP contribution in [0.2, 0.25) is 0 Å². The summed E-state index contributed by atoms with van der Waals surface area (Å²) in [5.41, 5.74) is 1.19. The summed E-state index contributed by atoms with van der Waals surface area (Å²) in [6, 6.07) is 0.551. The van der Waals surface area contributed by atoms with Gasteiger partial charge in [0.2, 0.25) is 0 Å². The molecule has 0 saturated carbocycles. The Morgan fingerprint density at radius 3 is 3.33 bits per heavy atom. The number of H-pyrrole nitrogens is 1. The number of aromatic nitrogens is 2. The highest BCUT2D eigenvalue weighted by Crippen LogP contribution is 2.16. The average Bonchev–Trinajstić information content (AvgIpc) is 2.90. The van der Waals surface area contributed by atoms with E-state index in [9.17, 15) is 0 Å².